The van der Waals surface area contributed by atoms with Crippen LogP contribution in [0.4, 0.5) is 5.69 Å². The average molecular weight is 348 g/mol. The second-order valence-electron chi connectivity index (χ2n) is 4.94. The Morgan fingerprint density at radius 3 is 2.78 bits per heavy atom. The third-order valence-electron chi connectivity index (χ3n) is 3.26. The first-order chi connectivity index (χ1) is 11.0. The van der Waals surface area contributed by atoms with Gasteiger partial charge in [-0.3, -0.25) is 9.48 Å². The van der Waals surface area contributed by atoms with E-state index in [0.717, 1.165) is 16.1 Å². The van der Waals surface area contributed by atoms with Crippen molar-refractivity contribution in [1.29, 1.82) is 0 Å². The standard InChI is InChI=1S/C15H14ClN5OS/c1-9(14(22)20-11-5-3-10(16)4-6-11)23-15-12-7-19-21(2)13(12)17-8-18-15/h3-9H,1-2H3,(H,20,22). The zero-order valence-corrected chi connectivity index (χ0v) is 14.1. The van der Waals surface area contributed by atoms with Crippen LogP contribution in [0.2, 0.25) is 5.02 Å². The van der Waals surface area contributed by atoms with Crippen LogP contribution in [-0.4, -0.2) is 30.9 Å². The van der Waals surface area contributed by atoms with E-state index in [9.17, 15) is 4.79 Å². The summed E-state index contributed by atoms with van der Waals surface area (Å²) in [5.74, 6) is -0.104. The van der Waals surface area contributed by atoms with E-state index in [0.29, 0.717) is 10.7 Å². The van der Waals surface area contributed by atoms with E-state index in [-0.39, 0.29) is 11.2 Å². The van der Waals surface area contributed by atoms with Gasteiger partial charge >= 0.3 is 0 Å². The molecule has 3 aromatic rings. The Bertz CT molecular complexity index is 849. The highest BCUT2D eigenvalue weighted by molar-refractivity contribution is 8.00. The number of nitrogens with one attached hydrogen (secondary N) is 1. The molecule has 0 bridgehead atoms. The minimum absolute atomic E-state index is 0.104. The number of aromatic nitrogens is 4. The highest BCUT2D eigenvalue weighted by atomic mass is 35.5. The highest BCUT2D eigenvalue weighted by Gasteiger charge is 2.18. The molecular formula is C15H14ClN5OS. The Morgan fingerprint density at radius 2 is 2.04 bits per heavy atom. The van der Waals surface area contributed by atoms with Crippen LogP contribution in [-0.2, 0) is 11.8 Å². The maximum absolute atomic E-state index is 12.3. The van der Waals surface area contributed by atoms with Crippen molar-refractivity contribution in [2.45, 2.75) is 17.2 Å². The maximum atomic E-state index is 12.3. The molecule has 0 aliphatic carbocycles. The number of thioether (sulfide) groups is 1. The van der Waals surface area contributed by atoms with E-state index in [1.54, 1.807) is 35.1 Å². The molecule has 6 nitrogen and oxygen atoms in total. The second kappa shape index (κ2) is 6.55. The Balaban J connectivity index is 1.73. The molecule has 2 heterocycles. The first-order valence-corrected chi connectivity index (χ1v) is 8.16. The van der Waals surface area contributed by atoms with Crippen molar-refractivity contribution < 1.29 is 4.79 Å². The van der Waals surface area contributed by atoms with Crippen LogP contribution in [0.3, 0.4) is 0 Å². The number of hydrogen-bond acceptors (Lipinski definition) is 5. The molecule has 0 radical (unpaired) electrons. The van der Waals surface area contributed by atoms with Crippen molar-refractivity contribution in [1.82, 2.24) is 19.7 Å². The number of carbonyl (C=O) groups excluding carboxylic acids is 1. The number of nitrogens with zero attached hydrogens (tertiary/aromatic N) is 4. The Morgan fingerprint density at radius 1 is 1.30 bits per heavy atom. The quantitative estimate of drug-likeness (QED) is 0.580. The summed E-state index contributed by atoms with van der Waals surface area (Å²) >= 11 is 7.21. The van der Waals surface area contributed by atoms with Crippen molar-refractivity contribution >= 4 is 46.0 Å². The van der Waals surface area contributed by atoms with Crippen LogP contribution < -0.4 is 5.32 Å². The summed E-state index contributed by atoms with van der Waals surface area (Å²) in [6, 6.07) is 7.00. The summed E-state index contributed by atoms with van der Waals surface area (Å²) < 4.78 is 1.68. The molecule has 2 aromatic heterocycles. The van der Waals surface area contributed by atoms with Gasteiger partial charge in [0.15, 0.2) is 5.65 Å². The molecule has 0 fully saturated rings. The van der Waals surface area contributed by atoms with Gasteiger partial charge in [-0.25, -0.2) is 9.97 Å². The van der Waals surface area contributed by atoms with E-state index in [2.05, 4.69) is 20.4 Å². The molecule has 0 aliphatic heterocycles. The van der Waals surface area contributed by atoms with Crippen LogP contribution in [0.1, 0.15) is 6.92 Å². The summed E-state index contributed by atoms with van der Waals surface area (Å²) in [6.07, 6.45) is 3.19. The third-order valence-corrected chi connectivity index (χ3v) is 4.63. The van der Waals surface area contributed by atoms with Crippen molar-refractivity contribution in [3.63, 3.8) is 0 Å². The topological polar surface area (TPSA) is 72.7 Å². The van der Waals surface area contributed by atoms with E-state index in [1.165, 1.54) is 18.1 Å². The van der Waals surface area contributed by atoms with E-state index in [1.807, 2.05) is 14.0 Å². The Labute approximate surface area is 142 Å². The number of hydrogen-bond donors (Lipinski definition) is 1. The van der Waals surface area contributed by atoms with Gasteiger partial charge in [0.2, 0.25) is 5.91 Å². The van der Waals surface area contributed by atoms with Crippen molar-refractivity contribution in [2.75, 3.05) is 5.32 Å². The largest absolute Gasteiger partial charge is 0.325 e. The van der Waals surface area contributed by atoms with Crippen LogP contribution in [0.15, 0.2) is 41.8 Å². The lowest BCUT2D eigenvalue weighted by atomic mass is 10.3. The number of anilines is 1. The van der Waals surface area contributed by atoms with Crippen molar-refractivity contribution in [3.05, 3.63) is 41.8 Å². The molecule has 1 atom stereocenters. The van der Waals surface area contributed by atoms with Gasteiger partial charge in [-0.1, -0.05) is 23.4 Å². The fourth-order valence-electron chi connectivity index (χ4n) is 2.03. The van der Waals surface area contributed by atoms with E-state index < -0.39 is 0 Å². The van der Waals surface area contributed by atoms with Crippen LogP contribution in [0.5, 0.6) is 0 Å². The molecular weight excluding hydrogens is 334 g/mol. The summed E-state index contributed by atoms with van der Waals surface area (Å²) in [7, 11) is 1.82. The molecule has 0 aliphatic rings. The van der Waals surface area contributed by atoms with Gasteiger partial charge in [0.05, 0.1) is 16.8 Å². The summed E-state index contributed by atoms with van der Waals surface area (Å²) in [6.45, 7) is 1.83. The van der Waals surface area contributed by atoms with Gasteiger partial charge in [0.25, 0.3) is 0 Å². The lowest BCUT2D eigenvalue weighted by molar-refractivity contribution is -0.115. The second-order valence-corrected chi connectivity index (χ2v) is 6.71. The number of halogens is 1. The zero-order chi connectivity index (χ0) is 16.4. The number of carbonyl (C=O) groups is 1. The zero-order valence-electron chi connectivity index (χ0n) is 12.5. The van der Waals surface area contributed by atoms with Gasteiger partial charge in [-0.15, -0.1) is 0 Å². The summed E-state index contributed by atoms with van der Waals surface area (Å²) in [5, 5.41) is 8.92. The van der Waals surface area contributed by atoms with Gasteiger partial charge < -0.3 is 5.32 Å². The number of aryl methyl sites for hydroxylation is 1. The normalized spacial score (nSPS) is 12.3. The third kappa shape index (κ3) is 3.46. The smallest absolute Gasteiger partial charge is 0.237 e. The average Bonchev–Trinajstić information content (AvgIpc) is 2.92. The first-order valence-electron chi connectivity index (χ1n) is 6.90. The summed E-state index contributed by atoms with van der Waals surface area (Å²) in [4.78, 5) is 20.8. The SMILES string of the molecule is CC(Sc1ncnc2c1cnn2C)C(=O)Nc1ccc(Cl)cc1. The maximum Gasteiger partial charge on any atom is 0.237 e. The molecule has 8 heteroatoms. The fourth-order valence-corrected chi connectivity index (χ4v) is 3.04. The molecule has 3 rings (SSSR count). The monoisotopic (exact) mass is 347 g/mol. The predicted molar refractivity (Wildman–Crippen MR) is 91.7 cm³/mol. The Hall–Kier alpha value is -2.12. The molecule has 0 saturated heterocycles. The first kappa shape index (κ1) is 15.8. The number of benzene rings is 1. The Kier molecular flexibility index (Phi) is 4.49. The van der Waals surface area contributed by atoms with Gasteiger partial charge in [0.1, 0.15) is 11.4 Å². The minimum atomic E-state index is -0.316. The molecule has 118 valence electrons. The molecule has 0 spiro atoms. The predicted octanol–water partition coefficient (Wildman–Crippen LogP) is 3.14. The molecule has 1 N–H and O–H groups in total. The van der Waals surface area contributed by atoms with E-state index >= 15 is 0 Å². The summed E-state index contributed by atoms with van der Waals surface area (Å²) in [5.41, 5.74) is 1.45. The molecule has 1 amide bonds. The van der Waals surface area contributed by atoms with Gasteiger partial charge in [-0.05, 0) is 31.2 Å². The minimum Gasteiger partial charge on any atom is -0.325 e. The molecule has 1 aromatic carbocycles. The lowest BCUT2D eigenvalue weighted by Gasteiger charge is -2.12. The fraction of sp³-hybridized carbons (Fsp3) is 0.200. The van der Waals surface area contributed by atoms with Gasteiger partial charge in [-0.2, -0.15) is 5.10 Å². The molecule has 23 heavy (non-hydrogen) atoms. The van der Waals surface area contributed by atoms with Crippen LogP contribution in [0, 0.1) is 0 Å². The highest BCUT2D eigenvalue weighted by Crippen LogP contribution is 2.28. The number of amides is 1. The number of fused-ring (bicyclic) bond motifs is 1. The molecule has 0 saturated carbocycles. The lowest BCUT2D eigenvalue weighted by Crippen LogP contribution is -2.22. The molecule has 1 unspecified atom stereocenters. The van der Waals surface area contributed by atoms with Crippen molar-refractivity contribution in [3.8, 4) is 0 Å². The number of rotatable bonds is 4. The van der Waals surface area contributed by atoms with Gasteiger partial charge in [0, 0.05) is 17.8 Å². The van der Waals surface area contributed by atoms with E-state index in [4.69, 9.17) is 11.6 Å². The van der Waals surface area contributed by atoms with Crippen LogP contribution >= 0.6 is 23.4 Å². The van der Waals surface area contributed by atoms with Crippen molar-refractivity contribution in [2.24, 2.45) is 7.05 Å². The van der Waals surface area contributed by atoms with Crippen LogP contribution in [0.25, 0.3) is 11.0 Å².